The second-order valence-corrected chi connectivity index (χ2v) is 5.28. The van der Waals surface area contributed by atoms with E-state index in [9.17, 15) is 9.59 Å². The van der Waals surface area contributed by atoms with Crippen LogP contribution in [0.2, 0.25) is 5.02 Å². The minimum Gasteiger partial charge on any atom is -0.332 e. The van der Waals surface area contributed by atoms with Crippen LogP contribution in [0.15, 0.2) is 24.3 Å². The Labute approximate surface area is 123 Å². The quantitative estimate of drug-likeness (QED) is 0.888. The summed E-state index contributed by atoms with van der Waals surface area (Å²) in [7, 11) is 0. The molecule has 5 nitrogen and oxygen atoms in total. The summed E-state index contributed by atoms with van der Waals surface area (Å²) < 4.78 is 0. The molecule has 1 saturated heterocycles. The van der Waals surface area contributed by atoms with E-state index in [0.717, 1.165) is 13.0 Å². The van der Waals surface area contributed by atoms with Gasteiger partial charge < -0.3 is 15.5 Å². The van der Waals surface area contributed by atoms with Gasteiger partial charge in [0, 0.05) is 17.3 Å². The molecule has 0 aliphatic carbocycles. The van der Waals surface area contributed by atoms with E-state index in [1.54, 1.807) is 29.2 Å². The van der Waals surface area contributed by atoms with Gasteiger partial charge >= 0.3 is 0 Å². The van der Waals surface area contributed by atoms with Crippen molar-refractivity contribution in [3.63, 3.8) is 0 Å². The maximum Gasteiger partial charge on any atom is 0.243 e. The van der Waals surface area contributed by atoms with E-state index in [4.69, 9.17) is 11.6 Å². The van der Waals surface area contributed by atoms with Crippen LogP contribution in [0, 0.1) is 0 Å². The second kappa shape index (κ2) is 6.72. The number of nitrogens with zero attached hydrogens (tertiary/aromatic N) is 1. The van der Waals surface area contributed by atoms with Crippen LogP contribution >= 0.6 is 11.6 Å². The van der Waals surface area contributed by atoms with Crippen molar-refractivity contribution >= 4 is 29.1 Å². The highest BCUT2D eigenvalue weighted by molar-refractivity contribution is 6.30. The number of hydrogen-bond donors (Lipinski definition) is 2. The van der Waals surface area contributed by atoms with Crippen LogP contribution in [-0.4, -0.2) is 42.4 Å². The molecule has 2 rings (SSSR count). The number of carbonyl (C=O) groups excluding carboxylic acids is 2. The van der Waals surface area contributed by atoms with E-state index >= 15 is 0 Å². The topological polar surface area (TPSA) is 61.4 Å². The van der Waals surface area contributed by atoms with Crippen molar-refractivity contribution in [1.29, 1.82) is 0 Å². The van der Waals surface area contributed by atoms with Crippen LogP contribution in [0.3, 0.4) is 0 Å². The minimum atomic E-state index is -0.239. The van der Waals surface area contributed by atoms with E-state index in [1.165, 1.54) is 0 Å². The first-order valence-corrected chi connectivity index (χ1v) is 7.01. The lowest BCUT2D eigenvalue weighted by Gasteiger charge is -2.22. The van der Waals surface area contributed by atoms with Gasteiger partial charge in [0.1, 0.15) is 0 Å². The van der Waals surface area contributed by atoms with Gasteiger partial charge in [-0.1, -0.05) is 17.7 Å². The van der Waals surface area contributed by atoms with E-state index < -0.39 is 0 Å². The van der Waals surface area contributed by atoms with Crippen LogP contribution in [-0.2, 0) is 9.59 Å². The number of amides is 2. The van der Waals surface area contributed by atoms with Crippen molar-refractivity contribution in [2.45, 2.75) is 19.4 Å². The second-order valence-electron chi connectivity index (χ2n) is 4.85. The molecule has 1 atom stereocenters. The van der Waals surface area contributed by atoms with Gasteiger partial charge in [-0.2, -0.15) is 0 Å². The summed E-state index contributed by atoms with van der Waals surface area (Å²) in [6.07, 6.45) is 0.848. The van der Waals surface area contributed by atoms with Gasteiger partial charge in [0.25, 0.3) is 0 Å². The zero-order valence-electron chi connectivity index (χ0n) is 11.4. The summed E-state index contributed by atoms with van der Waals surface area (Å²) in [6, 6.07) is 6.70. The molecule has 1 aliphatic rings. The molecule has 2 N–H and O–H groups in total. The zero-order chi connectivity index (χ0) is 14.5. The number of nitrogens with one attached hydrogen (secondary N) is 2. The summed E-state index contributed by atoms with van der Waals surface area (Å²) in [5.74, 6) is -0.251. The largest absolute Gasteiger partial charge is 0.332 e. The first-order valence-electron chi connectivity index (χ1n) is 6.64. The lowest BCUT2D eigenvalue weighted by molar-refractivity contribution is -0.135. The smallest absolute Gasteiger partial charge is 0.243 e. The zero-order valence-corrected chi connectivity index (χ0v) is 12.1. The molecule has 2 amide bonds. The van der Waals surface area contributed by atoms with Crippen molar-refractivity contribution in [3.8, 4) is 0 Å². The number of carbonyl (C=O) groups is 2. The fourth-order valence-electron chi connectivity index (χ4n) is 2.16. The molecular weight excluding hydrogens is 278 g/mol. The standard InChI is InChI=1S/C14H18ClN3O2/c1-10-14(20)18(7-3-6-16-10)9-13(19)17-12-5-2-4-11(15)8-12/h2,4-5,8,10,16H,3,6-7,9H2,1H3,(H,17,19). The first kappa shape index (κ1) is 14.8. The number of benzene rings is 1. The Bertz CT molecular complexity index is 507. The van der Waals surface area contributed by atoms with Crippen LogP contribution in [0.25, 0.3) is 0 Å². The molecular formula is C14H18ClN3O2. The molecule has 20 heavy (non-hydrogen) atoms. The van der Waals surface area contributed by atoms with Crippen molar-refractivity contribution in [3.05, 3.63) is 29.3 Å². The summed E-state index contributed by atoms with van der Waals surface area (Å²) in [6.45, 7) is 3.27. The molecule has 108 valence electrons. The molecule has 1 heterocycles. The molecule has 1 unspecified atom stereocenters. The maximum absolute atomic E-state index is 12.0. The number of hydrogen-bond acceptors (Lipinski definition) is 3. The van der Waals surface area contributed by atoms with Crippen molar-refractivity contribution in [2.24, 2.45) is 0 Å². The van der Waals surface area contributed by atoms with Gasteiger partial charge in [-0.3, -0.25) is 9.59 Å². The predicted octanol–water partition coefficient (Wildman–Crippen LogP) is 1.49. The van der Waals surface area contributed by atoms with Crippen molar-refractivity contribution in [2.75, 3.05) is 25.0 Å². The summed E-state index contributed by atoms with van der Waals surface area (Å²) in [5, 5.41) is 6.42. The third-order valence-electron chi connectivity index (χ3n) is 3.18. The van der Waals surface area contributed by atoms with E-state index in [0.29, 0.717) is 17.3 Å². The van der Waals surface area contributed by atoms with Crippen LogP contribution in [0.4, 0.5) is 5.69 Å². The van der Waals surface area contributed by atoms with Crippen LogP contribution in [0.5, 0.6) is 0 Å². The fraction of sp³-hybridized carbons (Fsp3) is 0.429. The molecule has 0 saturated carbocycles. The Hall–Kier alpha value is -1.59. The molecule has 0 spiro atoms. The monoisotopic (exact) mass is 295 g/mol. The number of rotatable bonds is 3. The summed E-state index contributed by atoms with van der Waals surface area (Å²) in [4.78, 5) is 25.6. The van der Waals surface area contributed by atoms with Gasteiger partial charge in [0.2, 0.25) is 11.8 Å². The van der Waals surface area contributed by atoms with E-state index in [1.807, 2.05) is 6.92 Å². The molecule has 1 fully saturated rings. The van der Waals surface area contributed by atoms with Gasteiger partial charge in [-0.25, -0.2) is 0 Å². The maximum atomic E-state index is 12.0. The van der Waals surface area contributed by atoms with Gasteiger partial charge in [-0.15, -0.1) is 0 Å². The minimum absolute atomic E-state index is 0.0382. The first-order chi connectivity index (χ1) is 9.56. The average molecular weight is 296 g/mol. The van der Waals surface area contributed by atoms with Crippen molar-refractivity contribution in [1.82, 2.24) is 10.2 Å². The Kier molecular flexibility index (Phi) is 4.98. The number of halogens is 1. The van der Waals surface area contributed by atoms with Gasteiger partial charge in [0.05, 0.1) is 12.6 Å². The average Bonchev–Trinajstić information content (AvgIpc) is 2.54. The highest BCUT2D eigenvalue weighted by Gasteiger charge is 2.24. The molecule has 0 bridgehead atoms. The molecule has 6 heteroatoms. The Balaban J connectivity index is 1.95. The molecule has 1 aliphatic heterocycles. The number of anilines is 1. The third-order valence-corrected chi connectivity index (χ3v) is 3.42. The highest BCUT2D eigenvalue weighted by Crippen LogP contribution is 2.15. The SMILES string of the molecule is CC1NCCCN(CC(=O)Nc2cccc(Cl)c2)C1=O. The normalized spacial score (nSPS) is 19.6. The van der Waals surface area contributed by atoms with E-state index in [-0.39, 0.29) is 24.4 Å². The summed E-state index contributed by atoms with van der Waals surface area (Å²) in [5.41, 5.74) is 0.635. The molecule has 1 aromatic carbocycles. The molecule has 1 aromatic rings. The molecule has 0 radical (unpaired) electrons. The Morgan fingerprint density at radius 2 is 2.35 bits per heavy atom. The Morgan fingerprint density at radius 1 is 1.55 bits per heavy atom. The van der Waals surface area contributed by atoms with Gasteiger partial charge in [-0.05, 0) is 38.1 Å². The van der Waals surface area contributed by atoms with Crippen molar-refractivity contribution < 1.29 is 9.59 Å². The van der Waals surface area contributed by atoms with Crippen LogP contribution in [0.1, 0.15) is 13.3 Å². The van der Waals surface area contributed by atoms with Gasteiger partial charge in [0.15, 0.2) is 0 Å². The highest BCUT2D eigenvalue weighted by atomic mass is 35.5. The molecule has 0 aromatic heterocycles. The summed E-state index contributed by atoms with van der Waals surface area (Å²) >= 11 is 5.86. The third kappa shape index (κ3) is 3.95. The lowest BCUT2D eigenvalue weighted by Crippen LogP contribution is -2.44. The lowest BCUT2D eigenvalue weighted by atomic mass is 10.3. The fourth-order valence-corrected chi connectivity index (χ4v) is 2.35. The van der Waals surface area contributed by atoms with E-state index in [2.05, 4.69) is 10.6 Å². The Morgan fingerprint density at radius 3 is 3.10 bits per heavy atom. The van der Waals surface area contributed by atoms with Crippen LogP contribution < -0.4 is 10.6 Å². The predicted molar refractivity (Wildman–Crippen MR) is 78.7 cm³/mol.